The zero-order chi connectivity index (χ0) is 17.7. The summed E-state index contributed by atoms with van der Waals surface area (Å²) >= 11 is 0. The number of ether oxygens (including phenoxy) is 1. The summed E-state index contributed by atoms with van der Waals surface area (Å²) in [4.78, 5) is 14.3. The molecule has 2 rings (SSSR count). The monoisotopic (exact) mass is 327 g/mol. The van der Waals surface area contributed by atoms with E-state index in [0.717, 1.165) is 16.9 Å². The van der Waals surface area contributed by atoms with Crippen LogP contribution in [0.5, 0.6) is 5.75 Å². The van der Waals surface area contributed by atoms with Crippen molar-refractivity contribution in [3.8, 4) is 5.75 Å². The van der Waals surface area contributed by atoms with Crippen LogP contribution in [0, 0.1) is 0 Å². The summed E-state index contributed by atoms with van der Waals surface area (Å²) in [5, 5.41) is 10.7. The van der Waals surface area contributed by atoms with E-state index in [9.17, 15) is 9.90 Å². The first-order valence-electron chi connectivity index (χ1n) is 8.03. The van der Waals surface area contributed by atoms with Gasteiger partial charge >= 0.3 is 0 Å². The number of para-hydroxylation sites is 1. The third-order valence-corrected chi connectivity index (χ3v) is 4.45. The maximum Gasteiger partial charge on any atom is 0.226 e. The van der Waals surface area contributed by atoms with Gasteiger partial charge in [-0.2, -0.15) is 0 Å². The number of methoxy groups -OCH3 is 1. The lowest BCUT2D eigenvalue weighted by Crippen LogP contribution is -2.35. The number of benzene rings is 2. The van der Waals surface area contributed by atoms with Gasteiger partial charge in [0.1, 0.15) is 5.75 Å². The molecule has 2 aromatic rings. The van der Waals surface area contributed by atoms with Crippen LogP contribution in [0.15, 0.2) is 54.6 Å². The smallest absolute Gasteiger partial charge is 0.226 e. The molecular formula is C20H25NO3. The lowest BCUT2D eigenvalue weighted by molar-refractivity contribution is -0.136. The Morgan fingerprint density at radius 3 is 2.38 bits per heavy atom. The van der Waals surface area contributed by atoms with Gasteiger partial charge < -0.3 is 14.7 Å². The van der Waals surface area contributed by atoms with Crippen molar-refractivity contribution in [1.29, 1.82) is 0 Å². The highest BCUT2D eigenvalue weighted by Gasteiger charge is 2.30. The number of hydrogen-bond acceptors (Lipinski definition) is 3. The average molecular weight is 327 g/mol. The molecule has 1 N–H and O–H groups in total. The number of carbonyl (C=O) groups is 1. The van der Waals surface area contributed by atoms with Gasteiger partial charge in [0.15, 0.2) is 0 Å². The lowest BCUT2D eigenvalue weighted by Gasteiger charge is -2.30. The van der Waals surface area contributed by atoms with Crippen molar-refractivity contribution in [2.75, 3.05) is 14.2 Å². The van der Waals surface area contributed by atoms with E-state index in [2.05, 4.69) is 0 Å². The minimum atomic E-state index is -1.20. The molecule has 1 amide bonds. The fourth-order valence-corrected chi connectivity index (χ4v) is 2.75. The first kappa shape index (κ1) is 18.0. The molecule has 0 radical (unpaired) electrons. The third-order valence-electron chi connectivity index (χ3n) is 4.45. The molecule has 0 heterocycles. The van der Waals surface area contributed by atoms with Crippen molar-refractivity contribution in [2.45, 2.75) is 31.9 Å². The third kappa shape index (κ3) is 3.95. The molecular weight excluding hydrogens is 302 g/mol. The van der Waals surface area contributed by atoms with Crippen LogP contribution in [0.4, 0.5) is 0 Å². The summed E-state index contributed by atoms with van der Waals surface area (Å²) in [6.07, 6.45) is 0.0208. The van der Waals surface area contributed by atoms with Crippen LogP contribution >= 0.6 is 0 Å². The average Bonchev–Trinajstić information content (AvgIpc) is 2.60. The van der Waals surface area contributed by atoms with Crippen molar-refractivity contribution >= 4 is 5.91 Å². The molecule has 0 fully saturated rings. The Morgan fingerprint density at radius 1 is 1.17 bits per heavy atom. The second kappa shape index (κ2) is 7.49. The molecule has 24 heavy (non-hydrogen) atoms. The van der Waals surface area contributed by atoms with Crippen molar-refractivity contribution in [3.05, 3.63) is 65.7 Å². The number of aliphatic hydroxyl groups is 1. The van der Waals surface area contributed by atoms with E-state index in [-0.39, 0.29) is 18.4 Å². The zero-order valence-corrected chi connectivity index (χ0v) is 14.7. The molecule has 0 aromatic heterocycles. The maximum absolute atomic E-state index is 12.7. The molecule has 0 aliphatic rings. The van der Waals surface area contributed by atoms with E-state index in [1.165, 1.54) is 0 Å². The fraction of sp³-hybridized carbons (Fsp3) is 0.350. The second-order valence-electron chi connectivity index (χ2n) is 6.24. The van der Waals surface area contributed by atoms with E-state index in [1.54, 1.807) is 26.0 Å². The van der Waals surface area contributed by atoms with Gasteiger partial charge in [-0.15, -0.1) is 0 Å². The number of carbonyl (C=O) groups excluding carboxylic acids is 1. The SMILES string of the molecule is COc1ccccc1[C@H](C)N(C)C(=O)C[C@@](C)(O)c1ccccc1. The Hall–Kier alpha value is -2.33. The molecule has 0 aliphatic carbocycles. The van der Waals surface area contributed by atoms with Crippen LogP contribution in [0.25, 0.3) is 0 Å². The molecule has 0 saturated heterocycles. The number of nitrogens with zero attached hydrogens (tertiary/aromatic N) is 1. The number of rotatable bonds is 6. The van der Waals surface area contributed by atoms with Gasteiger partial charge in [0.05, 0.1) is 25.2 Å². The van der Waals surface area contributed by atoms with Crippen LogP contribution in [0.3, 0.4) is 0 Å². The van der Waals surface area contributed by atoms with E-state index in [1.807, 2.05) is 61.5 Å². The topological polar surface area (TPSA) is 49.8 Å². The molecule has 0 spiro atoms. The van der Waals surface area contributed by atoms with Crippen LogP contribution in [-0.4, -0.2) is 30.1 Å². The van der Waals surface area contributed by atoms with Crippen LogP contribution in [0.2, 0.25) is 0 Å². The largest absolute Gasteiger partial charge is 0.496 e. The Bertz CT molecular complexity index is 682. The standard InChI is InChI=1S/C20H25NO3/c1-15(17-12-8-9-13-18(17)24-4)21(3)19(22)14-20(2,23)16-10-6-5-7-11-16/h5-13,15,23H,14H2,1-4H3/t15-,20+/m0/s1. The van der Waals surface area contributed by atoms with Gasteiger partial charge in [-0.05, 0) is 25.5 Å². The van der Waals surface area contributed by atoms with Gasteiger partial charge in [0.25, 0.3) is 0 Å². The molecule has 0 unspecified atom stereocenters. The highest BCUT2D eigenvalue weighted by atomic mass is 16.5. The van der Waals surface area contributed by atoms with Gasteiger partial charge in [-0.1, -0.05) is 48.5 Å². The van der Waals surface area contributed by atoms with E-state index in [0.29, 0.717) is 0 Å². The minimum absolute atomic E-state index is 0.0208. The molecule has 0 aliphatic heterocycles. The second-order valence-corrected chi connectivity index (χ2v) is 6.24. The lowest BCUT2D eigenvalue weighted by atomic mass is 9.91. The fourth-order valence-electron chi connectivity index (χ4n) is 2.75. The van der Waals surface area contributed by atoms with Gasteiger partial charge in [0.2, 0.25) is 5.91 Å². The molecule has 4 heteroatoms. The van der Waals surface area contributed by atoms with Gasteiger partial charge in [-0.3, -0.25) is 4.79 Å². The predicted octanol–water partition coefficient (Wildman–Crippen LogP) is 3.51. The number of hydrogen-bond donors (Lipinski definition) is 1. The summed E-state index contributed by atoms with van der Waals surface area (Å²) in [6.45, 7) is 3.62. The Kier molecular flexibility index (Phi) is 5.62. The Labute approximate surface area is 143 Å². The first-order chi connectivity index (χ1) is 11.4. The Morgan fingerprint density at radius 2 is 1.75 bits per heavy atom. The summed E-state index contributed by atoms with van der Waals surface area (Å²) < 4.78 is 5.38. The van der Waals surface area contributed by atoms with Crippen molar-refractivity contribution in [2.24, 2.45) is 0 Å². The summed E-state index contributed by atoms with van der Waals surface area (Å²) in [6, 6.07) is 16.8. The maximum atomic E-state index is 12.7. The van der Waals surface area contributed by atoms with Crippen molar-refractivity contribution in [1.82, 2.24) is 4.90 Å². The highest BCUT2D eigenvalue weighted by molar-refractivity contribution is 5.77. The van der Waals surface area contributed by atoms with Crippen LogP contribution in [0.1, 0.15) is 37.4 Å². The summed E-state index contributed by atoms with van der Waals surface area (Å²) in [7, 11) is 3.37. The van der Waals surface area contributed by atoms with Gasteiger partial charge in [0, 0.05) is 12.6 Å². The molecule has 4 nitrogen and oxygen atoms in total. The quantitative estimate of drug-likeness (QED) is 0.883. The number of amides is 1. The summed E-state index contributed by atoms with van der Waals surface area (Å²) in [5.41, 5.74) is 0.472. The predicted molar refractivity (Wildman–Crippen MR) is 94.8 cm³/mol. The van der Waals surface area contributed by atoms with Crippen molar-refractivity contribution in [3.63, 3.8) is 0 Å². The molecule has 2 atom stereocenters. The van der Waals surface area contributed by atoms with Crippen LogP contribution in [-0.2, 0) is 10.4 Å². The first-order valence-corrected chi connectivity index (χ1v) is 8.03. The van der Waals surface area contributed by atoms with Crippen molar-refractivity contribution < 1.29 is 14.6 Å². The molecule has 0 saturated carbocycles. The van der Waals surface area contributed by atoms with E-state index in [4.69, 9.17) is 4.74 Å². The molecule has 128 valence electrons. The van der Waals surface area contributed by atoms with Gasteiger partial charge in [-0.25, -0.2) is 0 Å². The van der Waals surface area contributed by atoms with Crippen LogP contribution < -0.4 is 4.74 Å². The normalized spacial score (nSPS) is 14.5. The molecule has 0 bridgehead atoms. The molecule has 2 aromatic carbocycles. The summed E-state index contributed by atoms with van der Waals surface area (Å²) in [5.74, 6) is 0.627. The van der Waals surface area contributed by atoms with E-state index < -0.39 is 5.60 Å². The van der Waals surface area contributed by atoms with E-state index >= 15 is 0 Å². The zero-order valence-electron chi connectivity index (χ0n) is 14.7. The Balaban J connectivity index is 2.14. The minimum Gasteiger partial charge on any atom is -0.496 e. The highest BCUT2D eigenvalue weighted by Crippen LogP contribution is 2.30.